The van der Waals surface area contributed by atoms with Crippen molar-refractivity contribution in [2.75, 3.05) is 13.7 Å². The molecule has 1 aromatic rings. The molecule has 0 saturated carbocycles. The largest absolute Gasteiger partial charge is 0.493 e. The van der Waals surface area contributed by atoms with Crippen LogP contribution in [-0.4, -0.2) is 13.7 Å². The van der Waals surface area contributed by atoms with Gasteiger partial charge >= 0.3 is 0 Å². The smallest absolute Gasteiger partial charge is 0.183 e. The molecule has 1 aromatic carbocycles. The van der Waals surface area contributed by atoms with Crippen molar-refractivity contribution in [3.05, 3.63) is 28.5 Å². The van der Waals surface area contributed by atoms with Crippen LogP contribution in [0.2, 0.25) is 5.02 Å². The SMILES string of the molecule is COc1c(C2CCCN2)ccc(Cl)c1F. The Hall–Kier alpha value is -0.800. The molecule has 1 saturated heterocycles. The molecular weight excluding hydrogens is 217 g/mol. The Morgan fingerprint density at radius 3 is 2.93 bits per heavy atom. The molecule has 1 fully saturated rings. The van der Waals surface area contributed by atoms with E-state index in [1.807, 2.05) is 6.07 Å². The lowest BCUT2D eigenvalue weighted by Crippen LogP contribution is -2.14. The van der Waals surface area contributed by atoms with Crippen LogP contribution in [0.25, 0.3) is 0 Å². The number of benzene rings is 1. The summed E-state index contributed by atoms with van der Waals surface area (Å²) < 4.78 is 18.7. The second-order valence-electron chi connectivity index (χ2n) is 3.63. The monoisotopic (exact) mass is 229 g/mol. The van der Waals surface area contributed by atoms with Gasteiger partial charge in [-0.1, -0.05) is 17.7 Å². The fourth-order valence-corrected chi connectivity index (χ4v) is 2.13. The van der Waals surface area contributed by atoms with Crippen molar-refractivity contribution in [2.24, 2.45) is 0 Å². The van der Waals surface area contributed by atoms with Crippen LogP contribution in [0.15, 0.2) is 12.1 Å². The van der Waals surface area contributed by atoms with Crippen molar-refractivity contribution >= 4 is 11.6 Å². The van der Waals surface area contributed by atoms with E-state index in [1.54, 1.807) is 6.07 Å². The second kappa shape index (κ2) is 4.37. The van der Waals surface area contributed by atoms with E-state index in [9.17, 15) is 4.39 Å². The topological polar surface area (TPSA) is 21.3 Å². The highest BCUT2D eigenvalue weighted by Gasteiger charge is 2.22. The standard InChI is InChI=1S/C11H13ClFNO/c1-15-11-7(9-3-2-6-14-9)4-5-8(12)10(11)13/h4-5,9,14H,2-3,6H2,1H3. The van der Waals surface area contributed by atoms with Crippen LogP contribution in [0.4, 0.5) is 4.39 Å². The summed E-state index contributed by atoms with van der Waals surface area (Å²) in [5.41, 5.74) is 0.858. The first kappa shape index (κ1) is 10.7. The predicted octanol–water partition coefficient (Wildman–Crippen LogP) is 2.91. The third kappa shape index (κ3) is 1.94. The third-order valence-corrected chi connectivity index (χ3v) is 3.01. The number of rotatable bonds is 2. The highest BCUT2D eigenvalue weighted by atomic mass is 35.5. The lowest BCUT2D eigenvalue weighted by molar-refractivity contribution is 0.376. The van der Waals surface area contributed by atoms with Gasteiger partial charge in [0.15, 0.2) is 11.6 Å². The molecule has 1 heterocycles. The van der Waals surface area contributed by atoms with Crippen LogP contribution in [0.5, 0.6) is 5.75 Å². The van der Waals surface area contributed by atoms with Crippen molar-refractivity contribution in [2.45, 2.75) is 18.9 Å². The van der Waals surface area contributed by atoms with E-state index < -0.39 is 5.82 Å². The Labute approximate surface area is 93.4 Å². The molecule has 2 rings (SSSR count). The van der Waals surface area contributed by atoms with E-state index in [4.69, 9.17) is 16.3 Å². The molecule has 0 radical (unpaired) electrons. The molecule has 1 aliphatic rings. The third-order valence-electron chi connectivity index (χ3n) is 2.72. The maximum atomic E-state index is 13.6. The van der Waals surface area contributed by atoms with Crippen LogP contribution >= 0.6 is 11.6 Å². The van der Waals surface area contributed by atoms with Gasteiger partial charge in [-0.05, 0) is 25.5 Å². The van der Waals surface area contributed by atoms with Crippen LogP contribution < -0.4 is 10.1 Å². The van der Waals surface area contributed by atoms with Crippen molar-refractivity contribution in [1.29, 1.82) is 0 Å². The number of nitrogens with one attached hydrogen (secondary N) is 1. The maximum Gasteiger partial charge on any atom is 0.183 e. The predicted molar refractivity (Wildman–Crippen MR) is 57.9 cm³/mol. The maximum absolute atomic E-state index is 13.6. The van der Waals surface area contributed by atoms with Gasteiger partial charge in [-0.15, -0.1) is 0 Å². The van der Waals surface area contributed by atoms with Gasteiger partial charge in [0.2, 0.25) is 0 Å². The Balaban J connectivity index is 2.41. The Bertz CT molecular complexity index is 364. The number of hydrogen-bond acceptors (Lipinski definition) is 2. The van der Waals surface area contributed by atoms with Crippen molar-refractivity contribution in [3.8, 4) is 5.75 Å². The number of ether oxygens (including phenoxy) is 1. The minimum absolute atomic E-state index is 0.105. The normalized spacial score (nSPS) is 20.6. The number of hydrogen-bond donors (Lipinski definition) is 1. The molecule has 1 unspecified atom stereocenters. The first-order valence-electron chi connectivity index (χ1n) is 4.99. The Kier molecular flexibility index (Phi) is 3.12. The highest BCUT2D eigenvalue weighted by Crippen LogP contribution is 2.35. The summed E-state index contributed by atoms with van der Waals surface area (Å²) in [5.74, 6) is -0.202. The highest BCUT2D eigenvalue weighted by molar-refractivity contribution is 6.30. The molecule has 0 aliphatic carbocycles. The van der Waals surface area contributed by atoms with E-state index in [0.29, 0.717) is 0 Å². The van der Waals surface area contributed by atoms with Crippen LogP contribution in [0.3, 0.4) is 0 Å². The quantitative estimate of drug-likeness (QED) is 0.842. The van der Waals surface area contributed by atoms with Gasteiger partial charge in [0.1, 0.15) is 0 Å². The molecule has 1 aliphatic heterocycles. The fraction of sp³-hybridized carbons (Fsp3) is 0.455. The van der Waals surface area contributed by atoms with Crippen LogP contribution in [0, 0.1) is 5.82 Å². The van der Waals surface area contributed by atoms with Crippen molar-refractivity contribution in [1.82, 2.24) is 5.32 Å². The fourth-order valence-electron chi connectivity index (χ4n) is 1.98. The molecule has 1 N–H and O–H groups in total. The zero-order chi connectivity index (χ0) is 10.8. The summed E-state index contributed by atoms with van der Waals surface area (Å²) >= 11 is 5.70. The molecule has 1 atom stereocenters. The molecular formula is C11H13ClFNO. The van der Waals surface area contributed by atoms with Crippen molar-refractivity contribution in [3.63, 3.8) is 0 Å². The van der Waals surface area contributed by atoms with Gasteiger partial charge in [0.25, 0.3) is 0 Å². The summed E-state index contributed by atoms with van der Waals surface area (Å²) in [6, 6.07) is 3.59. The lowest BCUT2D eigenvalue weighted by Gasteiger charge is -2.15. The van der Waals surface area contributed by atoms with E-state index in [1.165, 1.54) is 7.11 Å². The zero-order valence-electron chi connectivity index (χ0n) is 8.52. The summed E-state index contributed by atoms with van der Waals surface area (Å²) in [7, 11) is 1.47. The first-order valence-corrected chi connectivity index (χ1v) is 5.37. The molecule has 15 heavy (non-hydrogen) atoms. The van der Waals surface area contributed by atoms with Gasteiger partial charge in [-0.2, -0.15) is 0 Å². The van der Waals surface area contributed by atoms with Gasteiger partial charge in [-0.25, -0.2) is 4.39 Å². The molecule has 0 aromatic heterocycles. The molecule has 0 bridgehead atoms. The van der Waals surface area contributed by atoms with Crippen molar-refractivity contribution < 1.29 is 9.13 Å². The Morgan fingerprint density at radius 1 is 1.53 bits per heavy atom. The van der Waals surface area contributed by atoms with E-state index in [0.717, 1.165) is 24.9 Å². The van der Waals surface area contributed by atoms with E-state index in [-0.39, 0.29) is 16.8 Å². The summed E-state index contributed by atoms with van der Waals surface area (Å²) in [4.78, 5) is 0. The molecule has 82 valence electrons. The number of methoxy groups -OCH3 is 1. The average Bonchev–Trinajstić information content (AvgIpc) is 2.75. The lowest BCUT2D eigenvalue weighted by atomic mass is 10.0. The van der Waals surface area contributed by atoms with Crippen LogP contribution in [-0.2, 0) is 0 Å². The molecule has 2 nitrogen and oxygen atoms in total. The molecule has 0 spiro atoms. The van der Waals surface area contributed by atoms with Gasteiger partial charge < -0.3 is 10.1 Å². The van der Waals surface area contributed by atoms with Gasteiger partial charge in [0.05, 0.1) is 12.1 Å². The molecule has 4 heteroatoms. The molecule has 0 amide bonds. The zero-order valence-corrected chi connectivity index (χ0v) is 9.27. The second-order valence-corrected chi connectivity index (χ2v) is 4.04. The van der Waals surface area contributed by atoms with Crippen LogP contribution in [0.1, 0.15) is 24.4 Å². The average molecular weight is 230 g/mol. The van der Waals surface area contributed by atoms with Gasteiger partial charge in [0, 0.05) is 11.6 Å². The Morgan fingerprint density at radius 2 is 2.33 bits per heavy atom. The van der Waals surface area contributed by atoms with E-state index in [2.05, 4.69) is 5.32 Å². The summed E-state index contributed by atoms with van der Waals surface area (Å²) in [5, 5.41) is 3.41. The summed E-state index contributed by atoms with van der Waals surface area (Å²) in [6.07, 6.45) is 2.12. The minimum Gasteiger partial charge on any atom is -0.493 e. The summed E-state index contributed by atoms with van der Waals surface area (Å²) in [6.45, 7) is 0.970. The van der Waals surface area contributed by atoms with Gasteiger partial charge in [-0.3, -0.25) is 0 Å². The van der Waals surface area contributed by atoms with E-state index >= 15 is 0 Å². The first-order chi connectivity index (χ1) is 7.24. The number of halogens is 2. The minimum atomic E-state index is -0.467.